The highest BCUT2D eigenvalue weighted by molar-refractivity contribution is 5.89. The van der Waals surface area contributed by atoms with Gasteiger partial charge in [0.15, 0.2) is 0 Å². The summed E-state index contributed by atoms with van der Waals surface area (Å²) in [4.78, 5) is 29.3. The number of carbonyl (C=O) groups excluding carboxylic acids is 2. The van der Waals surface area contributed by atoms with Crippen molar-refractivity contribution in [3.05, 3.63) is 35.9 Å². The molecule has 2 saturated heterocycles. The van der Waals surface area contributed by atoms with Crippen LogP contribution >= 0.6 is 0 Å². The Hall–Kier alpha value is -1.92. The largest absolute Gasteiger partial charge is 0.379 e. The lowest BCUT2D eigenvalue weighted by molar-refractivity contribution is -0.129. The van der Waals surface area contributed by atoms with Crippen molar-refractivity contribution < 1.29 is 14.3 Å². The van der Waals surface area contributed by atoms with Crippen molar-refractivity contribution in [1.82, 2.24) is 15.1 Å². The molecule has 1 aromatic carbocycles. The maximum atomic E-state index is 12.8. The third-order valence-corrected chi connectivity index (χ3v) is 5.50. The highest BCUT2D eigenvalue weighted by atomic mass is 16.5. The number of rotatable bonds is 7. The van der Waals surface area contributed by atoms with E-state index in [-0.39, 0.29) is 29.7 Å². The van der Waals surface area contributed by atoms with Gasteiger partial charge in [-0.2, -0.15) is 0 Å². The van der Waals surface area contributed by atoms with E-state index in [2.05, 4.69) is 24.1 Å². The van der Waals surface area contributed by atoms with Gasteiger partial charge in [-0.15, -0.1) is 0 Å². The summed E-state index contributed by atoms with van der Waals surface area (Å²) in [6.07, 6.45) is 0.314. The molecule has 6 nitrogen and oxygen atoms in total. The molecule has 3 rings (SSSR count). The van der Waals surface area contributed by atoms with Crippen LogP contribution in [0.2, 0.25) is 0 Å². The van der Waals surface area contributed by atoms with E-state index in [1.807, 2.05) is 35.2 Å². The topological polar surface area (TPSA) is 61.9 Å². The van der Waals surface area contributed by atoms with Gasteiger partial charge < -0.3 is 15.0 Å². The summed E-state index contributed by atoms with van der Waals surface area (Å²) in [5.74, 6) is 0.0991. The first-order chi connectivity index (χ1) is 13.0. The first-order valence-electron chi connectivity index (χ1n) is 9.98. The molecule has 2 aliphatic heterocycles. The van der Waals surface area contributed by atoms with Crippen molar-refractivity contribution in [2.24, 2.45) is 11.8 Å². The first kappa shape index (κ1) is 19.8. The average molecular weight is 373 g/mol. The zero-order valence-corrected chi connectivity index (χ0v) is 16.4. The Labute approximate surface area is 161 Å². The number of nitrogens with one attached hydrogen (secondary N) is 1. The van der Waals surface area contributed by atoms with Crippen molar-refractivity contribution >= 4 is 11.8 Å². The van der Waals surface area contributed by atoms with Gasteiger partial charge in [0.1, 0.15) is 0 Å². The standard InChI is InChI=1S/C21H31N3O3/c1-16(2)20(17-6-4-3-5-7-17)22-21(26)18-14-19(25)24(15-18)9-8-23-10-12-27-13-11-23/h3-7,16,18,20H,8-15H2,1-2H3,(H,22,26). The van der Waals surface area contributed by atoms with Crippen LogP contribution in [0, 0.1) is 11.8 Å². The molecule has 0 aromatic heterocycles. The third-order valence-electron chi connectivity index (χ3n) is 5.50. The Balaban J connectivity index is 1.53. The summed E-state index contributed by atoms with van der Waals surface area (Å²) in [6.45, 7) is 9.62. The lowest BCUT2D eigenvalue weighted by atomic mass is 9.95. The summed E-state index contributed by atoms with van der Waals surface area (Å²) < 4.78 is 5.36. The van der Waals surface area contributed by atoms with Crippen LogP contribution in [0.25, 0.3) is 0 Å². The maximum Gasteiger partial charge on any atom is 0.225 e. The van der Waals surface area contributed by atoms with E-state index in [9.17, 15) is 9.59 Å². The van der Waals surface area contributed by atoms with Crippen LogP contribution in [0.15, 0.2) is 30.3 Å². The predicted octanol–water partition coefficient (Wildman–Crippen LogP) is 1.68. The van der Waals surface area contributed by atoms with Crippen LogP contribution in [0.4, 0.5) is 0 Å². The van der Waals surface area contributed by atoms with E-state index in [1.54, 1.807) is 0 Å². The first-order valence-corrected chi connectivity index (χ1v) is 9.98. The number of ether oxygens (including phenoxy) is 1. The van der Waals surface area contributed by atoms with Crippen LogP contribution in [-0.4, -0.2) is 67.6 Å². The quantitative estimate of drug-likeness (QED) is 0.790. The Bertz CT molecular complexity index is 629. The molecule has 2 amide bonds. The summed E-state index contributed by atoms with van der Waals surface area (Å²) in [5.41, 5.74) is 1.11. The van der Waals surface area contributed by atoms with Gasteiger partial charge in [0.25, 0.3) is 0 Å². The SMILES string of the molecule is CC(C)C(NC(=O)C1CC(=O)N(CCN2CCOCC2)C1)c1ccccc1. The van der Waals surface area contributed by atoms with E-state index < -0.39 is 0 Å². The van der Waals surface area contributed by atoms with Crippen molar-refractivity contribution in [3.63, 3.8) is 0 Å². The molecule has 0 radical (unpaired) electrons. The Morgan fingerprint density at radius 2 is 1.89 bits per heavy atom. The number of benzene rings is 1. The predicted molar refractivity (Wildman–Crippen MR) is 104 cm³/mol. The fourth-order valence-corrected chi connectivity index (χ4v) is 3.82. The van der Waals surface area contributed by atoms with Crippen LogP contribution in [0.1, 0.15) is 31.9 Å². The molecule has 2 aliphatic rings. The summed E-state index contributed by atoms with van der Waals surface area (Å²) >= 11 is 0. The average Bonchev–Trinajstić information content (AvgIpc) is 3.06. The molecule has 0 bridgehead atoms. The number of amides is 2. The van der Waals surface area contributed by atoms with Gasteiger partial charge in [-0.05, 0) is 11.5 Å². The fourth-order valence-electron chi connectivity index (χ4n) is 3.82. The van der Waals surface area contributed by atoms with Gasteiger partial charge in [-0.1, -0.05) is 44.2 Å². The Morgan fingerprint density at radius 1 is 1.19 bits per heavy atom. The number of hydrogen-bond acceptors (Lipinski definition) is 4. The second-order valence-electron chi connectivity index (χ2n) is 7.84. The monoisotopic (exact) mass is 373 g/mol. The molecule has 0 aliphatic carbocycles. The summed E-state index contributed by atoms with van der Waals surface area (Å²) in [5, 5.41) is 3.18. The summed E-state index contributed by atoms with van der Waals surface area (Å²) in [7, 11) is 0. The Kier molecular flexibility index (Phi) is 6.85. The van der Waals surface area contributed by atoms with Crippen LogP contribution in [0.3, 0.4) is 0 Å². The molecular weight excluding hydrogens is 342 g/mol. The lowest BCUT2D eigenvalue weighted by Crippen LogP contribution is -2.42. The number of likely N-dealkylation sites (tertiary alicyclic amines) is 1. The number of hydrogen-bond donors (Lipinski definition) is 1. The van der Waals surface area contributed by atoms with E-state index in [0.717, 1.165) is 38.4 Å². The second kappa shape index (κ2) is 9.33. The molecule has 2 atom stereocenters. The minimum Gasteiger partial charge on any atom is -0.379 e. The molecule has 6 heteroatoms. The van der Waals surface area contributed by atoms with Gasteiger partial charge in [-0.25, -0.2) is 0 Å². The van der Waals surface area contributed by atoms with Gasteiger partial charge in [0.2, 0.25) is 11.8 Å². The molecule has 0 saturated carbocycles. The van der Waals surface area contributed by atoms with Crippen LogP contribution < -0.4 is 5.32 Å². The molecule has 2 fully saturated rings. The number of carbonyl (C=O) groups is 2. The van der Waals surface area contributed by atoms with Gasteiger partial charge in [0, 0.05) is 39.1 Å². The Morgan fingerprint density at radius 3 is 2.56 bits per heavy atom. The van der Waals surface area contributed by atoms with E-state index >= 15 is 0 Å². The molecule has 27 heavy (non-hydrogen) atoms. The molecule has 1 N–H and O–H groups in total. The maximum absolute atomic E-state index is 12.8. The van der Waals surface area contributed by atoms with E-state index in [1.165, 1.54) is 0 Å². The zero-order chi connectivity index (χ0) is 19.2. The smallest absolute Gasteiger partial charge is 0.225 e. The van der Waals surface area contributed by atoms with Crippen molar-refractivity contribution in [3.8, 4) is 0 Å². The lowest BCUT2D eigenvalue weighted by Gasteiger charge is -2.28. The minimum absolute atomic E-state index is 0.0141. The molecule has 148 valence electrons. The zero-order valence-electron chi connectivity index (χ0n) is 16.4. The van der Waals surface area contributed by atoms with Crippen LogP contribution in [0.5, 0.6) is 0 Å². The highest BCUT2D eigenvalue weighted by Crippen LogP contribution is 2.24. The van der Waals surface area contributed by atoms with Crippen molar-refractivity contribution in [2.45, 2.75) is 26.3 Å². The number of morpholine rings is 1. The molecule has 0 spiro atoms. The molecule has 2 unspecified atom stereocenters. The summed E-state index contributed by atoms with van der Waals surface area (Å²) in [6, 6.07) is 10.0. The molecule has 2 heterocycles. The van der Waals surface area contributed by atoms with Crippen molar-refractivity contribution in [2.75, 3.05) is 45.9 Å². The number of nitrogens with zero attached hydrogens (tertiary/aromatic N) is 2. The van der Waals surface area contributed by atoms with E-state index in [4.69, 9.17) is 4.74 Å². The normalized spacial score (nSPS) is 22.3. The molecular formula is C21H31N3O3. The fraction of sp³-hybridized carbons (Fsp3) is 0.619. The minimum atomic E-state index is -0.257. The van der Waals surface area contributed by atoms with Gasteiger partial charge in [0.05, 0.1) is 25.2 Å². The van der Waals surface area contributed by atoms with Gasteiger partial charge >= 0.3 is 0 Å². The highest BCUT2D eigenvalue weighted by Gasteiger charge is 2.35. The third kappa shape index (κ3) is 5.30. The second-order valence-corrected chi connectivity index (χ2v) is 7.84. The molecule has 1 aromatic rings. The van der Waals surface area contributed by atoms with Gasteiger partial charge in [-0.3, -0.25) is 14.5 Å². The van der Waals surface area contributed by atoms with Crippen LogP contribution in [-0.2, 0) is 14.3 Å². The van der Waals surface area contributed by atoms with Crippen molar-refractivity contribution in [1.29, 1.82) is 0 Å². The van der Waals surface area contributed by atoms with E-state index in [0.29, 0.717) is 19.5 Å².